The number of morpholine rings is 1. The molecule has 1 aromatic rings. The molecule has 0 amide bonds. The van der Waals surface area contributed by atoms with Crippen LogP contribution < -0.4 is 0 Å². The van der Waals surface area contributed by atoms with Gasteiger partial charge in [0.25, 0.3) is 5.92 Å². The third-order valence-electron chi connectivity index (χ3n) is 3.98. The summed E-state index contributed by atoms with van der Waals surface area (Å²) < 4.78 is 32.0. The lowest BCUT2D eigenvalue weighted by atomic mass is 10.1. The van der Waals surface area contributed by atoms with Crippen LogP contribution in [0.4, 0.5) is 8.78 Å². The Balaban J connectivity index is 1.78. The van der Waals surface area contributed by atoms with Gasteiger partial charge in [0.1, 0.15) is 11.6 Å². The topological polar surface area (TPSA) is 49.8 Å². The zero-order valence-corrected chi connectivity index (χ0v) is 10.8. The van der Waals surface area contributed by atoms with Crippen molar-refractivity contribution in [2.75, 3.05) is 13.2 Å². The van der Waals surface area contributed by atoms with Crippen molar-refractivity contribution in [1.82, 2.24) is 4.90 Å². The minimum Gasteiger partial charge on any atom is -0.480 e. The lowest BCUT2D eigenvalue weighted by molar-refractivity contribution is -0.165. The lowest BCUT2D eigenvalue weighted by Gasteiger charge is -2.37. The molecule has 1 saturated heterocycles. The molecule has 2 atom stereocenters. The third-order valence-corrected chi connectivity index (χ3v) is 3.98. The number of rotatable bonds is 3. The van der Waals surface area contributed by atoms with E-state index in [0.29, 0.717) is 6.54 Å². The number of alkyl halides is 2. The van der Waals surface area contributed by atoms with Gasteiger partial charge < -0.3 is 9.84 Å². The van der Waals surface area contributed by atoms with E-state index < -0.39 is 23.5 Å². The van der Waals surface area contributed by atoms with Crippen molar-refractivity contribution in [3.8, 4) is 0 Å². The summed E-state index contributed by atoms with van der Waals surface area (Å²) in [5, 5.41) is 9.20. The second-order valence-electron chi connectivity index (χ2n) is 5.43. The van der Waals surface area contributed by atoms with Gasteiger partial charge >= 0.3 is 5.97 Å². The van der Waals surface area contributed by atoms with Gasteiger partial charge in [-0.3, -0.25) is 9.69 Å². The average Bonchev–Trinajstić information content (AvgIpc) is 2.90. The number of benzene rings is 1. The Morgan fingerprint density at radius 2 is 2.05 bits per heavy atom. The third kappa shape index (κ3) is 2.19. The van der Waals surface area contributed by atoms with Crippen molar-refractivity contribution in [3.63, 3.8) is 0 Å². The van der Waals surface area contributed by atoms with Crippen LogP contribution in [0.25, 0.3) is 0 Å². The highest BCUT2D eigenvalue weighted by molar-refractivity contribution is 5.74. The molecule has 2 fully saturated rings. The molecule has 108 valence electrons. The summed E-state index contributed by atoms with van der Waals surface area (Å²) in [4.78, 5) is 12.8. The van der Waals surface area contributed by atoms with Crippen molar-refractivity contribution in [3.05, 3.63) is 35.9 Å². The van der Waals surface area contributed by atoms with Crippen LogP contribution in [0, 0.1) is 0 Å². The van der Waals surface area contributed by atoms with Crippen LogP contribution in [0.5, 0.6) is 0 Å². The number of nitrogens with zero attached hydrogens (tertiary/aromatic N) is 1. The van der Waals surface area contributed by atoms with E-state index in [9.17, 15) is 18.7 Å². The molecular formula is C14H15F2NO3. The van der Waals surface area contributed by atoms with Crippen molar-refractivity contribution < 1.29 is 23.4 Å². The molecular weight excluding hydrogens is 268 g/mol. The molecule has 20 heavy (non-hydrogen) atoms. The highest BCUT2D eigenvalue weighted by Crippen LogP contribution is 2.57. The number of ether oxygens (including phenoxy) is 1. The number of carbonyl (C=O) groups is 1. The average molecular weight is 283 g/mol. The monoisotopic (exact) mass is 283 g/mol. The number of hydrogen-bond donors (Lipinski definition) is 1. The minimum absolute atomic E-state index is 0.0497. The second-order valence-corrected chi connectivity index (χ2v) is 5.43. The molecule has 0 aromatic heterocycles. The number of halogens is 2. The molecule has 1 spiro atoms. The summed E-state index contributed by atoms with van der Waals surface area (Å²) in [6, 6.07) is 8.36. The van der Waals surface area contributed by atoms with Gasteiger partial charge in [0.2, 0.25) is 0 Å². The van der Waals surface area contributed by atoms with Crippen LogP contribution in [-0.4, -0.2) is 46.7 Å². The Hall–Kier alpha value is -1.53. The van der Waals surface area contributed by atoms with Gasteiger partial charge in [-0.15, -0.1) is 0 Å². The molecule has 3 rings (SSSR count). The first-order valence-electron chi connectivity index (χ1n) is 6.46. The molecule has 1 aliphatic carbocycles. The van der Waals surface area contributed by atoms with Gasteiger partial charge in [-0.25, -0.2) is 8.78 Å². The van der Waals surface area contributed by atoms with Gasteiger partial charge in [0.15, 0.2) is 0 Å². The second kappa shape index (κ2) is 4.49. The lowest BCUT2D eigenvalue weighted by Crippen LogP contribution is -2.55. The fourth-order valence-electron chi connectivity index (χ4n) is 2.68. The predicted octanol–water partition coefficient (Wildman–Crippen LogP) is 1.75. The number of carboxylic acids is 1. The molecule has 0 bridgehead atoms. The van der Waals surface area contributed by atoms with E-state index in [1.165, 1.54) is 0 Å². The Labute approximate surface area is 114 Å². The van der Waals surface area contributed by atoms with Gasteiger partial charge in [-0.2, -0.15) is 0 Å². The van der Waals surface area contributed by atoms with Crippen LogP contribution in [0.15, 0.2) is 30.3 Å². The zero-order chi connectivity index (χ0) is 14.4. The van der Waals surface area contributed by atoms with E-state index in [4.69, 9.17) is 4.74 Å². The maximum absolute atomic E-state index is 13.4. The quantitative estimate of drug-likeness (QED) is 0.918. The maximum Gasteiger partial charge on any atom is 0.323 e. The Bertz CT molecular complexity index is 522. The molecule has 1 aromatic carbocycles. The number of hydrogen-bond acceptors (Lipinski definition) is 3. The Kier molecular flexibility index (Phi) is 3.02. The SMILES string of the molecule is O=C(O)C1COC2(CN1Cc1ccccc1)CC2(F)F. The van der Waals surface area contributed by atoms with Crippen molar-refractivity contribution >= 4 is 5.97 Å². The maximum atomic E-state index is 13.4. The van der Waals surface area contributed by atoms with Crippen molar-refractivity contribution in [2.45, 2.75) is 30.5 Å². The molecule has 4 nitrogen and oxygen atoms in total. The normalized spacial score (nSPS) is 32.2. The van der Waals surface area contributed by atoms with Gasteiger partial charge in [0.05, 0.1) is 13.0 Å². The van der Waals surface area contributed by atoms with Crippen molar-refractivity contribution in [2.24, 2.45) is 0 Å². The summed E-state index contributed by atoms with van der Waals surface area (Å²) in [7, 11) is 0. The van der Waals surface area contributed by atoms with Crippen LogP contribution >= 0.6 is 0 Å². The fraction of sp³-hybridized carbons (Fsp3) is 0.500. The summed E-state index contributed by atoms with van der Waals surface area (Å²) in [5.74, 6) is -3.88. The zero-order valence-electron chi connectivity index (χ0n) is 10.8. The van der Waals surface area contributed by atoms with E-state index in [2.05, 4.69) is 0 Å². The Morgan fingerprint density at radius 3 is 2.60 bits per heavy atom. The highest BCUT2D eigenvalue weighted by Gasteiger charge is 2.74. The van der Waals surface area contributed by atoms with E-state index in [1.807, 2.05) is 30.3 Å². The van der Waals surface area contributed by atoms with E-state index in [1.54, 1.807) is 4.90 Å². The predicted molar refractivity (Wildman–Crippen MR) is 66.5 cm³/mol. The molecule has 1 N–H and O–H groups in total. The van der Waals surface area contributed by atoms with Gasteiger partial charge in [-0.05, 0) is 5.56 Å². The largest absolute Gasteiger partial charge is 0.480 e. The van der Waals surface area contributed by atoms with Gasteiger partial charge in [-0.1, -0.05) is 30.3 Å². The highest BCUT2D eigenvalue weighted by atomic mass is 19.3. The van der Waals surface area contributed by atoms with Crippen LogP contribution in [0.1, 0.15) is 12.0 Å². The molecule has 0 radical (unpaired) electrons. The van der Waals surface area contributed by atoms with Crippen molar-refractivity contribution in [1.29, 1.82) is 0 Å². The van der Waals surface area contributed by atoms with Gasteiger partial charge in [0, 0.05) is 13.1 Å². The molecule has 2 aliphatic rings. The molecule has 2 unspecified atom stereocenters. The standard InChI is InChI=1S/C14H15F2NO3/c15-14(16)8-13(14)9-17(11(7-20-13)12(18)19)6-10-4-2-1-3-5-10/h1-5,11H,6-9H2,(H,18,19). The number of carboxylic acid groups (broad SMARTS) is 1. The first-order valence-corrected chi connectivity index (χ1v) is 6.46. The summed E-state index contributed by atoms with van der Waals surface area (Å²) in [6.45, 7) is 0.0859. The summed E-state index contributed by atoms with van der Waals surface area (Å²) >= 11 is 0. The van der Waals surface area contributed by atoms with Crippen LogP contribution in [-0.2, 0) is 16.1 Å². The van der Waals surface area contributed by atoms with E-state index in [0.717, 1.165) is 5.56 Å². The smallest absolute Gasteiger partial charge is 0.323 e. The van der Waals surface area contributed by atoms with Crippen LogP contribution in [0.2, 0.25) is 0 Å². The number of aliphatic carboxylic acids is 1. The summed E-state index contributed by atoms with van der Waals surface area (Å²) in [6.07, 6.45) is -0.322. The first kappa shape index (κ1) is 13.5. The first-order chi connectivity index (χ1) is 9.44. The molecule has 6 heteroatoms. The molecule has 1 aliphatic heterocycles. The minimum atomic E-state index is -2.84. The fourth-order valence-corrected chi connectivity index (χ4v) is 2.68. The summed E-state index contributed by atoms with van der Waals surface area (Å²) in [5.41, 5.74) is -0.576. The van der Waals surface area contributed by atoms with Crippen LogP contribution in [0.3, 0.4) is 0 Å². The van der Waals surface area contributed by atoms with E-state index >= 15 is 0 Å². The molecule has 1 saturated carbocycles. The molecule has 1 heterocycles. The van der Waals surface area contributed by atoms with E-state index in [-0.39, 0.29) is 19.6 Å². The Morgan fingerprint density at radius 1 is 1.40 bits per heavy atom.